The van der Waals surface area contributed by atoms with Crippen molar-refractivity contribution in [3.05, 3.63) is 40.7 Å². The minimum atomic E-state index is -1.13. The number of aryl methyl sites for hydroxylation is 1. The van der Waals surface area contributed by atoms with E-state index < -0.39 is 10.8 Å². The number of aromatic nitrogens is 3. The van der Waals surface area contributed by atoms with Crippen molar-refractivity contribution in [1.82, 2.24) is 14.8 Å². The van der Waals surface area contributed by atoms with E-state index in [1.165, 1.54) is 16.7 Å². The van der Waals surface area contributed by atoms with E-state index in [4.69, 9.17) is 0 Å². The SMILES string of the molecule is Cc1ccc2c(c1)C=Cn1c(nnc1S(C)=O)C2. The maximum Gasteiger partial charge on any atom is 0.225 e. The first-order chi connectivity index (χ1) is 8.65. The van der Waals surface area contributed by atoms with Crippen LogP contribution in [0.15, 0.2) is 23.4 Å². The summed E-state index contributed by atoms with van der Waals surface area (Å²) in [6.45, 7) is 2.08. The van der Waals surface area contributed by atoms with Gasteiger partial charge in [0, 0.05) is 18.9 Å². The summed E-state index contributed by atoms with van der Waals surface area (Å²) in [7, 11) is -1.13. The predicted molar refractivity (Wildman–Crippen MR) is 71.6 cm³/mol. The molecule has 0 saturated carbocycles. The Bertz CT molecular complexity index is 673. The van der Waals surface area contributed by atoms with Gasteiger partial charge in [-0.05, 0) is 24.1 Å². The summed E-state index contributed by atoms with van der Waals surface area (Å²) < 4.78 is 13.4. The lowest BCUT2D eigenvalue weighted by atomic mass is 10.0. The maximum absolute atomic E-state index is 11.6. The molecular formula is C13H13N3OS. The standard InChI is InChI=1S/C13H13N3OS/c1-9-3-4-10-8-12-14-15-13(18(2)17)16(12)6-5-11(10)7-9/h3-7H,8H2,1-2H3. The summed E-state index contributed by atoms with van der Waals surface area (Å²) in [5, 5.41) is 8.62. The Morgan fingerprint density at radius 1 is 1.33 bits per heavy atom. The first-order valence-electron chi connectivity index (χ1n) is 5.70. The lowest BCUT2D eigenvalue weighted by Gasteiger charge is -2.03. The Kier molecular flexibility index (Phi) is 2.63. The molecule has 1 atom stereocenters. The minimum Gasteiger partial charge on any atom is -0.279 e. The van der Waals surface area contributed by atoms with Gasteiger partial charge in [-0.1, -0.05) is 23.8 Å². The van der Waals surface area contributed by atoms with Crippen LogP contribution in [0, 0.1) is 6.92 Å². The molecule has 0 fully saturated rings. The number of rotatable bonds is 1. The molecule has 0 radical (unpaired) electrons. The fraction of sp³-hybridized carbons (Fsp3) is 0.231. The second-order valence-corrected chi connectivity index (χ2v) is 5.69. The van der Waals surface area contributed by atoms with Crippen LogP contribution in [-0.4, -0.2) is 25.2 Å². The number of benzene rings is 1. The highest BCUT2D eigenvalue weighted by molar-refractivity contribution is 7.84. The van der Waals surface area contributed by atoms with E-state index in [-0.39, 0.29) is 0 Å². The van der Waals surface area contributed by atoms with Crippen molar-refractivity contribution in [2.24, 2.45) is 0 Å². The molecule has 0 spiro atoms. The summed E-state index contributed by atoms with van der Waals surface area (Å²) in [5.74, 6) is 0.832. The molecule has 0 amide bonds. The summed E-state index contributed by atoms with van der Waals surface area (Å²) in [5.41, 5.74) is 3.64. The molecule has 0 aliphatic carbocycles. The molecule has 0 saturated heterocycles. The Hall–Kier alpha value is -1.75. The molecule has 2 aromatic rings. The molecule has 1 aromatic carbocycles. The van der Waals surface area contributed by atoms with Crippen LogP contribution in [0.25, 0.3) is 12.3 Å². The van der Waals surface area contributed by atoms with Crippen LogP contribution in [0.1, 0.15) is 22.5 Å². The lowest BCUT2D eigenvalue weighted by Crippen LogP contribution is -2.01. The van der Waals surface area contributed by atoms with Gasteiger partial charge in [-0.25, -0.2) is 0 Å². The Morgan fingerprint density at radius 3 is 2.94 bits per heavy atom. The average molecular weight is 259 g/mol. The highest BCUT2D eigenvalue weighted by atomic mass is 32.2. The average Bonchev–Trinajstić information content (AvgIpc) is 2.64. The maximum atomic E-state index is 11.6. The van der Waals surface area contributed by atoms with Crippen molar-refractivity contribution < 1.29 is 4.21 Å². The van der Waals surface area contributed by atoms with E-state index in [0.717, 1.165) is 5.82 Å². The van der Waals surface area contributed by atoms with Gasteiger partial charge in [0.25, 0.3) is 0 Å². The zero-order valence-electron chi connectivity index (χ0n) is 10.3. The predicted octanol–water partition coefficient (Wildman–Crippen LogP) is 1.86. The summed E-state index contributed by atoms with van der Waals surface area (Å²) >= 11 is 0. The van der Waals surface area contributed by atoms with Gasteiger partial charge in [0.15, 0.2) is 0 Å². The van der Waals surface area contributed by atoms with Crippen molar-refractivity contribution in [3.8, 4) is 0 Å². The van der Waals surface area contributed by atoms with Crippen molar-refractivity contribution in [1.29, 1.82) is 0 Å². The van der Waals surface area contributed by atoms with Gasteiger partial charge in [-0.2, -0.15) is 0 Å². The highest BCUT2D eigenvalue weighted by Gasteiger charge is 2.16. The molecule has 1 unspecified atom stereocenters. The molecule has 92 valence electrons. The normalized spacial score (nSPS) is 14.8. The molecule has 4 nitrogen and oxygen atoms in total. The zero-order valence-corrected chi connectivity index (χ0v) is 11.1. The van der Waals surface area contributed by atoms with Crippen LogP contribution >= 0.6 is 0 Å². The van der Waals surface area contributed by atoms with Crippen LogP contribution in [0.3, 0.4) is 0 Å². The molecule has 3 rings (SSSR count). The number of fused-ring (bicyclic) bond motifs is 2. The van der Waals surface area contributed by atoms with E-state index >= 15 is 0 Å². The fourth-order valence-electron chi connectivity index (χ4n) is 2.13. The third-order valence-corrected chi connectivity index (χ3v) is 3.84. The molecule has 2 heterocycles. The van der Waals surface area contributed by atoms with Crippen molar-refractivity contribution >= 4 is 23.1 Å². The number of hydrogen-bond acceptors (Lipinski definition) is 3. The third-order valence-electron chi connectivity index (χ3n) is 3.05. The lowest BCUT2D eigenvalue weighted by molar-refractivity contribution is 0.677. The quantitative estimate of drug-likeness (QED) is 0.670. The summed E-state index contributed by atoms with van der Waals surface area (Å²) in [4.78, 5) is 0. The molecule has 0 N–H and O–H groups in total. The number of hydrogen-bond donors (Lipinski definition) is 0. The molecule has 1 aliphatic rings. The fourth-order valence-corrected chi connectivity index (χ4v) is 2.73. The second-order valence-electron chi connectivity index (χ2n) is 4.42. The molecule has 18 heavy (non-hydrogen) atoms. The molecular weight excluding hydrogens is 246 g/mol. The van der Waals surface area contributed by atoms with Crippen LogP contribution in [0.2, 0.25) is 0 Å². The van der Waals surface area contributed by atoms with Gasteiger partial charge in [0.1, 0.15) is 5.82 Å². The Morgan fingerprint density at radius 2 is 2.17 bits per heavy atom. The van der Waals surface area contributed by atoms with Gasteiger partial charge in [0.05, 0.1) is 10.8 Å². The van der Waals surface area contributed by atoms with Gasteiger partial charge >= 0.3 is 0 Å². The molecule has 1 aliphatic heterocycles. The largest absolute Gasteiger partial charge is 0.279 e. The molecule has 0 bridgehead atoms. The van der Waals surface area contributed by atoms with E-state index in [1.807, 2.05) is 16.8 Å². The molecule has 5 heteroatoms. The smallest absolute Gasteiger partial charge is 0.225 e. The van der Waals surface area contributed by atoms with Gasteiger partial charge in [-0.3, -0.25) is 8.78 Å². The Labute approximate surface area is 108 Å². The first kappa shape index (κ1) is 11.3. The van der Waals surface area contributed by atoms with E-state index in [2.05, 4.69) is 35.3 Å². The van der Waals surface area contributed by atoms with Crippen LogP contribution < -0.4 is 0 Å². The van der Waals surface area contributed by atoms with Gasteiger partial charge in [0.2, 0.25) is 5.16 Å². The first-order valence-corrected chi connectivity index (χ1v) is 7.26. The highest BCUT2D eigenvalue weighted by Crippen LogP contribution is 2.22. The zero-order chi connectivity index (χ0) is 12.7. The third kappa shape index (κ3) is 1.80. The second kappa shape index (κ2) is 4.17. The topological polar surface area (TPSA) is 47.8 Å². The van der Waals surface area contributed by atoms with Gasteiger partial charge < -0.3 is 0 Å². The number of nitrogens with zero attached hydrogens (tertiary/aromatic N) is 3. The van der Waals surface area contributed by atoms with Crippen LogP contribution in [0.4, 0.5) is 0 Å². The van der Waals surface area contributed by atoms with Crippen LogP contribution in [-0.2, 0) is 17.2 Å². The van der Waals surface area contributed by atoms with E-state index in [1.54, 1.807) is 6.26 Å². The minimum absolute atomic E-state index is 0.505. The molecule has 1 aromatic heterocycles. The van der Waals surface area contributed by atoms with E-state index in [0.29, 0.717) is 11.6 Å². The van der Waals surface area contributed by atoms with Crippen molar-refractivity contribution in [2.45, 2.75) is 18.5 Å². The van der Waals surface area contributed by atoms with Crippen molar-refractivity contribution in [2.75, 3.05) is 6.26 Å². The van der Waals surface area contributed by atoms with Crippen LogP contribution in [0.5, 0.6) is 0 Å². The van der Waals surface area contributed by atoms with Crippen molar-refractivity contribution in [3.63, 3.8) is 0 Å². The van der Waals surface area contributed by atoms with Gasteiger partial charge in [-0.15, -0.1) is 10.2 Å². The summed E-state index contributed by atoms with van der Waals surface area (Å²) in [6.07, 6.45) is 6.26. The Balaban J connectivity index is 2.15. The monoisotopic (exact) mass is 259 g/mol. The summed E-state index contributed by atoms with van der Waals surface area (Å²) in [6, 6.07) is 6.35. The van der Waals surface area contributed by atoms with E-state index in [9.17, 15) is 4.21 Å².